The van der Waals surface area contributed by atoms with Gasteiger partial charge in [-0.05, 0) is 12.8 Å². The van der Waals surface area contributed by atoms with E-state index < -0.39 is 0 Å². The lowest BCUT2D eigenvalue weighted by Crippen LogP contribution is -2.36. The van der Waals surface area contributed by atoms with Gasteiger partial charge in [-0.3, -0.25) is 0 Å². The summed E-state index contributed by atoms with van der Waals surface area (Å²) >= 11 is 0. The summed E-state index contributed by atoms with van der Waals surface area (Å²) in [5.41, 5.74) is 5.63. The number of rotatable bonds is 14. The van der Waals surface area contributed by atoms with Crippen LogP contribution in [0.5, 0.6) is 5.88 Å². The van der Waals surface area contributed by atoms with Crippen LogP contribution >= 0.6 is 0 Å². The predicted octanol–water partition coefficient (Wildman–Crippen LogP) is 4.03. The Hall–Kier alpha value is -1.72. The van der Waals surface area contributed by atoms with E-state index >= 15 is 0 Å². The molecule has 0 atom stereocenters. The molecule has 138 valence electrons. The number of hydrogen-bond acceptors (Lipinski definition) is 5. The zero-order chi connectivity index (χ0) is 17.6. The number of aromatic nitrogens is 2. The third kappa shape index (κ3) is 8.22. The monoisotopic (exact) mass is 338 g/mol. The number of nitrogens with one attached hydrogen (secondary N) is 1. The van der Waals surface area contributed by atoms with Gasteiger partial charge in [-0.1, -0.05) is 70.2 Å². The van der Waals surface area contributed by atoms with Crippen LogP contribution in [-0.4, -0.2) is 18.1 Å². The topological polar surface area (TPSA) is 87.1 Å². The Morgan fingerprint density at radius 3 is 2.29 bits per heavy atom. The van der Waals surface area contributed by atoms with Gasteiger partial charge in [0.1, 0.15) is 0 Å². The van der Waals surface area contributed by atoms with E-state index in [9.17, 15) is 5.21 Å². The van der Waals surface area contributed by atoms with Gasteiger partial charge >= 0.3 is 5.95 Å². The van der Waals surface area contributed by atoms with Crippen LogP contribution in [0.2, 0.25) is 0 Å². The summed E-state index contributed by atoms with van der Waals surface area (Å²) in [4.78, 5) is 3.94. The molecule has 0 bridgehead atoms. The van der Waals surface area contributed by atoms with Crippen molar-refractivity contribution in [1.82, 2.24) is 4.98 Å². The molecule has 0 unspecified atom stereocenters. The highest BCUT2D eigenvalue weighted by atomic mass is 16.5. The number of ether oxygens (including phenoxy) is 1. The lowest BCUT2D eigenvalue weighted by Gasteiger charge is -2.14. The summed E-state index contributed by atoms with van der Waals surface area (Å²) in [5.74, 6) is 0.724. The van der Waals surface area contributed by atoms with Crippen molar-refractivity contribution in [3.05, 3.63) is 11.3 Å². The lowest BCUT2D eigenvalue weighted by molar-refractivity contribution is -0.577. The van der Waals surface area contributed by atoms with E-state index in [2.05, 4.69) is 17.2 Å². The van der Waals surface area contributed by atoms with Gasteiger partial charge in [0.15, 0.2) is 0 Å². The van der Waals surface area contributed by atoms with Gasteiger partial charge in [-0.15, -0.1) is 0 Å². The van der Waals surface area contributed by atoms with E-state index in [4.69, 9.17) is 10.5 Å². The number of anilines is 2. The van der Waals surface area contributed by atoms with Crippen LogP contribution in [0.3, 0.4) is 0 Å². The maximum atomic E-state index is 11.9. The second-order valence-electron chi connectivity index (χ2n) is 6.24. The molecule has 0 aliphatic rings. The van der Waals surface area contributed by atoms with Gasteiger partial charge in [0.2, 0.25) is 5.82 Å². The first-order valence-corrected chi connectivity index (χ1v) is 9.45. The zero-order valence-electron chi connectivity index (χ0n) is 15.4. The molecule has 0 saturated heterocycles. The SMILES string of the molecule is CCCCCCCCCCCNc1cc(OCCC)nc(N)[n+]1[O-]. The Balaban J connectivity index is 2.21. The molecule has 0 aliphatic carbocycles. The van der Waals surface area contributed by atoms with E-state index in [1.807, 2.05) is 6.92 Å². The molecule has 6 nitrogen and oxygen atoms in total. The van der Waals surface area contributed by atoms with Crippen LogP contribution in [0.4, 0.5) is 11.8 Å². The predicted molar refractivity (Wildman–Crippen MR) is 99.1 cm³/mol. The van der Waals surface area contributed by atoms with Gasteiger partial charge in [0.25, 0.3) is 5.88 Å². The molecule has 0 amide bonds. The maximum Gasteiger partial charge on any atom is 0.347 e. The third-order valence-corrected chi connectivity index (χ3v) is 3.95. The Kier molecular flexibility index (Phi) is 10.7. The highest BCUT2D eigenvalue weighted by molar-refractivity contribution is 5.36. The minimum absolute atomic E-state index is 0.0850. The second-order valence-corrected chi connectivity index (χ2v) is 6.24. The number of unbranched alkanes of at least 4 members (excludes halogenated alkanes) is 8. The fourth-order valence-electron chi connectivity index (χ4n) is 2.55. The normalized spacial score (nSPS) is 10.8. The smallest absolute Gasteiger partial charge is 0.347 e. The van der Waals surface area contributed by atoms with Gasteiger partial charge in [-0.2, -0.15) is 0 Å². The van der Waals surface area contributed by atoms with Crippen LogP contribution in [0, 0.1) is 5.21 Å². The fraction of sp³-hybridized carbons (Fsp3) is 0.778. The van der Waals surface area contributed by atoms with Crippen molar-refractivity contribution in [3.63, 3.8) is 0 Å². The highest BCUT2D eigenvalue weighted by Gasteiger charge is 2.11. The molecule has 0 aromatic carbocycles. The Morgan fingerprint density at radius 1 is 1.04 bits per heavy atom. The van der Waals surface area contributed by atoms with Crippen LogP contribution in [-0.2, 0) is 0 Å². The average molecular weight is 338 g/mol. The molecule has 1 aromatic heterocycles. The highest BCUT2D eigenvalue weighted by Crippen LogP contribution is 2.14. The first-order valence-electron chi connectivity index (χ1n) is 9.45. The van der Waals surface area contributed by atoms with Crippen molar-refractivity contribution in [2.45, 2.75) is 78.1 Å². The van der Waals surface area contributed by atoms with Crippen LogP contribution < -0.4 is 20.5 Å². The maximum absolute atomic E-state index is 11.9. The third-order valence-electron chi connectivity index (χ3n) is 3.95. The molecule has 0 saturated carbocycles. The molecule has 0 spiro atoms. The van der Waals surface area contributed by atoms with Crippen molar-refractivity contribution in [2.75, 3.05) is 24.2 Å². The van der Waals surface area contributed by atoms with Crippen molar-refractivity contribution in [3.8, 4) is 5.88 Å². The van der Waals surface area contributed by atoms with Gasteiger partial charge in [0.05, 0.1) is 12.7 Å². The first kappa shape index (κ1) is 20.3. The average Bonchev–Trinajstić information content (AvgIpc) is 2.58. The summed E-state index contributed by atoms with van der Waals surface area (Å²) in [6.45, 7) is 5.58. The van der Waals surface area contributed by atoms with Gasteiger partial charge < -0.3 is 21.0 Å². The van der Waals surface area contributed by atoms with E-state index in [1.54, 1.807) is 6.07 Å². The lowest BCUT2D eigenvalue weighted by atomic mass is 10.1. The van der Waals surface area contributed by atoms with Crippen LogP contribution in [0.15, 0.2) is 6.07 Å². The summed E-state index contributed by atoms with van der Waals surface area (Å²) in [6.07, 6.45) is 12.4. The molecule has 0 fully saturated rings. The van der Waals surface area contributed by atoms with Crippen LogP contribution in [0.25, 0.3) is 0 Å². The first-order chi connectivity index (χ1) is 11.7. The number of hydrogen-bond donors (Lipinski definition) is 2. The molecule has 1 aromatic rings. The molecule has 6 heteroatoms. The van der Waals surface area contributed by atoms with E-state index in [0.717, 1.165) is 19.4 Å². The summed E-state index contributed by atoms with van der Waals surface area (Å²) in [7, 11) is 0. The molecular formula is C18H34N4O2. The van der Waals surface area contributed by atoms with Crippen molar-refractivity contribution < 1.29 is 9.47 Å². The van der Waals surface area contributed by atoms with E-state index in [-0.39, 0.29) is 5.95 Å². The standard InChI is InChI=1S/C18H34N4O2/c1-3-5-6-7-8-9-10-11-12-13-20-16-15-17(24-14-4-2)21-18(19)22(16)23/h15,20H,3-14H2,1-2H3,(H2,19,21). The molecule has 1 heterocycles. The summed E-state index contributed by atoms with van der Waals surface area (Å²) in [5, 5.41) is 15.0. The Bertz CT molecular complexity index is 455. The number of nitrogens with zero attached hydrogens (tertiary/aromatic N) is 2. The van der Waals surface area contributed by atoms with Crippen molar-refractivity contribution in [1.29, 1.82) is 0 Å². The molecular weight excluding hydrogens is 304 g/mol. The molecule has 0 radical (unpaired) electrons. The zero-order valence-corrected chi connectivity index (χ0v) is 15.4. The number of nitrogens with two attached hydrogens (primary N) is 1. The van der Waals surface area contributed by atoms with Gasteiger partial charge in [-0.25, -0.2) is 4.73 Å². The van der Waals surface area contributed by atoms with Crippen molar-refractivity contribution >= 4 is 11.8 Å². The second kappa shape index (κ2) is 12.7. The Morgan fingerprint density at radius 2 is 1.67 bits per heavy atom. The van der Waals surface area contributed by atoms with Gasteiger partial charge in [0, 0.05) is 6.54 Å². The minimum Gasteiger partial charge on any atom is -0.754 e. The minimum atomic E-state index is -0.0850. The molecule has 1 rings (SSSR count). The van der Waals surface area contributed by atoms with Crippen LogP contribution in [0.1, 0.15) is 78.1 Å². The van der Waals surface area contributed by atoms with Crippen molar-refractivity contribution in [2.24, 2.45) is 0 Å². The summed E-state index contributed by atoms with van der Waals surface area (Å²) in [6, 6.07) is 1.62. The van der Waals surface area contributed by atoms with E-state index in [1.165, 1.54) is 51.4 Å². The molecule has 24 heavy (non-hydrogen) atoms. The number of nitrogen functional groups attached to an aromatic ring is 1. The quantitative estimate of drug-likeness (QED) is 0.304. The summed E-state index contributed by atoms with van der Waals surface area (Å²) < 4.78 is 6.07. The van der Waals surface area contributed by atoms with E-state index in [0.29, 0.717) is 23.0 Å². The molecule has 0 aliphatic heterocycles. The Labute approximate surface area is 146 Å². The largest absolute Gasteiger partial charge is 0.754 e. The fourth-order valence-corrected chi connectivity index (χ4v) is 2.55. The molecule has 3 N–H and O–H groups in total.